The summed E-state index contributed by atoms with van der Waals surface area (Å²) in [5, 5.41) is 20.9. The molecule has 1 N–H and O–H groups in total. The van der Waals surface area contributed by atoms with E-state index >= 15 is 0 Å². The normalized spacial score (nSPS) is 17.6. The van der Waals surface area contributed by atoms with E-state index in [4.69, 9.17) is 9.97 Å². The number of phenols is 1. The second-order valence-electron chi connectivity index (χ2n) is 7.85. The molecule has 1 saturated heterocycles. The Balaban J connectivity index is 1.87. The molecule has 2 aromatic heterocycles. The first-order valence-corrected chi connectivity index (χ1v) is 9.67. The Morgan fingerprint density at radius 1 is 1.18 bits per heavy atom. The van der Waals surface area contributed by atoms with Gasteiger partial charge in [0.2, 0.25) is 0 Å². The number of hydrogen-bond donors (Lipinski definition) is 1. The van der Waals surface area contributed by atoms with Crippen molar-refractivity contribution in [2.45, 2.75) is 32.6 Å². The van der Waals surface area contributed by atoms with E-state index in [0.29, 0.717) is 28.4 Å². The van der Waals surface area contributed by atoms with Gasteiger partial charge in [-0.2, -0.15) is 5.26 Å². The number of nitriles is 1. The standard InChI is InChI=1S/C23H24N4O/c1-14-9-15(2)22(21(28)10-14)20-11-17(12-24)18-6-7-19(25-23(18)26-20)16-5-4-8-27(3)13-16/h6-7,9-11,16,28H,4-5,8,13H2,1-3H3. The van der Waals surface area contributed by atoms with Crippen LogP contribution in [0.1, 0.15) is 41.1 Å². The molecule has 0 aliphatic carbocycles. The Labute approximate surface area is 165 Å². The molecule has 1 atom stereocenters. The van der Waals surface area contributed by atoms with Crippen LogP contribution in [0.2, 0.25) is 0 Å². The number of aryl methyl sites for hydroxylation is 2. The smallest absolute Gasteiger partial charge is 0.161 e. The van der Waals surface area contributed by atoms with E-state index in [0.717, 1.165) is 48.1 Å². The van der Waals surface area contributed by atoms with Gasteiger partial charge >= 0.3 is 0 Å². The molecular weight excluding hydrogens is 348 g/mol. The zero-order valence-corrected chi connectivity index (χ0v) is 16.5. The summed E-state index contributed by atoms with van der Waals surface area (Å²) in [6.45, 7) is 6.00. The average molecular weight is 372 g/mol. The van der Waals surface area contributed by atoms with Crippen molar-refractivity contribution < 1.29 is 5.11 Å². The van der Waals surface area contributed by atoms with Gasteiger partial charge < -0.3 is 10.0 Å². The fraction of sp³-hybridized carbons (Fsp3) is 0.348. The van der Waals surface area contributed by atoms with Crippen molar-refractivity contribution >= 4 is 11.0 Å². The maximum absolute atomic E-state index is 10.5. The van der Waals surface area contributed by atoms with Crippen molar-refractivity contribution in [1.82, 2.24) is 14.9 Å². The van der Waals surface area contributed by atoms with Crippen LogP contribution in [-0.4, -0.2) is 40.1 Å². The van der Waals surface area contributed by atoms with Gasteiger partial charge in [-0.3, -0.25) is 0 Å². The third kappa shape index (κ3) is 3.32. The van der Waals surface area contributed by atoms with Crippen LogP contribution in [0.4, 0.5) is 0 Å². The number of aromatic nitrogens is 2. The first-order chi connectivity index (χ1) is 13.5. The molecule has 4 rings (SSSR count). The third-order valence-electron chi connectivity index (χ3n) is 5.57. The Bertz CT molecular complexity index is 1080. The van der Waals surface area contributed by atoms with E-state index in [1.54, 1.807) is 12.1 Å². The van der Waals surface area contributed by atoms with Gasteiger partial charge in [-0.15, -0.1) is 0 Å². The molecule has 1 aliphatic heterocycles. The summed E-state index contributed by atoms with van der Waals surface area (Å²) in [4.78, 5) is 11.9. The number of nitrogens with zero attached hydrogens (tertiary/aromatic N) is 4. The topological polar surface area (TPSA) is 73.0 Å². The van der Waals surface area contributed by atoms with Crippen molar-refractivity contribution in [3.05, 3.63) is 52.7 Å². The van der Waals surface area contributed by atoms with Crippen LogP contribution in [0.5, 0.6) is 5.75 Å². The quantitative estimate of drug-likeness (QED) is 0.726. The highest BCUT2D eigenvalue weighted by molar-refractivity contribution is 5.86. The minimum atomic E-state index is 0.179. The monoisotopic (exact) mass is 372 g/mol. The highest BCUT2D eigenvalue weighted by Crippen LogP contribution is 2.35. The summed E-state index contributed by atoms with van der Waals surface area (Å²) < 4.78 is 0. The lowest BCUT2D eigenvalue weighted by Gasteiger charge is -2.29. The maximum atomic E-state index is 10.5. The molecule has 5 nitrogen and oxygen atoms in total. The number of fused-ring (bicyclic) bond motifs is 1. The van der Waals surface area contributed by atoms with Crippen LogP contribution in [0.25, 0.3) is 22.3 Å². The first kappa shape index (κ1) is 18.4. The molecule has 3 aromatic rings. The number of likely N-dealkylation sites (N-methyl/N-ethyl adjacent to an activating group) is 1. The SMILES string of the molecule is Cc1cc(C)c(-c2cc(C#N)c3ccc(C4CCCN(C)C4)nc3n2)c(O)c1. The maximum Gasteiger partial charge on any atom is 0.161 e. The summed E-state index contributed by atoms with van der Waals surface area (Å²) in [6.07, 6.45) is 2.28. The molecule has 1 aromatic carbocycles. The number of phenolic OH excluding ortho intramolecular Hbond substituents is 1. The minimum absolute atomic E-state index is 0.179. The van der Waals surface area contributed by atoms with Crippen molar-refractivity contribution in [2.75, 3.05) is 20.1 Å². The van der Waals surface area contributed by atoms with Crippen LogP contribution in [0, 0.1) is 25.2 Å². The highest BCUT2D eigenvalue weighted by Gasteiger charge is 2.21. The van der Waals surface area contributed by atoms with Gasteiger partial charge in [0.1, 0.15) is 5.75 Å². The van der Waals surface area contributed by atoms with Gasteiger partial charge in [0.05, 0.1) is 17.3 Å². The van der Waals surface area contributed by atoms with Gasteiger partial charge in [0.25, 0.3) is 0 Å². The number of aromatic hydroxyl groups is 1. The summed E-state index contributed by atoms with van der Waals surface area (Å²) in [6, 6.07) is 11.7. The number of pyridine rings is 2. The molecule has 0 radical (unpaired) electrons. The second kappa shape index (κ2) is 7.21. The Hall–Kier alpha value is -2.97. The van der Waals surface area contributed by atoms with Crippen LogP contribution in [0.3, 0.4) is 0 Å². The fourth-order valence-corrected chi connectivity index (χ4v) is 4.25. The summed E-state index contributed by atoms with van der Waals surface area (Å²) >= 11 is 0. The molecule has 1 fully saturated rings. The van der Waals surface area contributed by atoms with E-state index < -0.39 is 0 Å². The number of rotatable bonds is 2. The van der Waals surface area contributed by atoms with E-state index in [-0.39, 0.29) is 5.75 Å². The lowest BCUT2D eigenvalue weighted by Crippen LogP contribution is -2.31. The molecule has 5 heteroatoms. The van der Waals surface area contributed by atoms with E-state index in [1.165, 1.54) is 0 Å². The Kier molecular flexibility index (Phi) is 4.74. The summed E-state index contributed by atoms with van der Waals surface area (Å²) in [5.74, 6) is 0.562. The van der Waals surface area contributed by atoms with Gasteiger partial charge in [-0.1, -0.05) is 6.07 Å². The largest absolute Gasteiger partial charge is 0.507 e. The summed E-state index contributed by atoms with van der Waals surface area (Å²) in [5.41, 5.74) is 5.29. The highest BCUT2D eigenvalue weighted by atomic mass is 16.3. The van der Waals surface area contributed by atoms with Gasteiger partial charge in [-0.25, -0.2) is 9.97 Å². The van der Waals surface area contributed by atoms with Gasteiger partial charge in [0.15, 0.2) is 5.65 Å². The molecule has 1 unspecified atom stereocenters. The second-order valence-corrected chi connectivity index (χ2v) is 7.85. The minimum Gasteiger partial charge on any atom is -0.507 e. The fourth-order valence-electron chi connectivity index (χ4n) is 4.25. The van der Waals surface area contributed by atoms with Crippen LogP contribution < -0.4 is 0 Å². The van der Waals surface area contributed by atoms with Crippen molar-refractivity contribution in [2.24, 2.45) is 0 Å². The Morgan fingerprint density at radius 3 is 2.71 bits per heavy atom. The predicted octanol–water partition coefficient (Wildman–Crippen LogP) is 4.30. The van der Waals surface area contributed by atoms with Crippen molar-refractivity contribution in [3.63, 3.8) is 0 Å². The number of benzene rings is 1. The number of piperidine rings is 1. The van der Waals surface area contributed by atoms with Crippen LogP contribution in [0.15, 0.2) is 30.3 Å². The van der Waals surface area contributed by atoms with Crippen molar-refractivity contribution in [3.8, 4) is 23.1 Å². The van der Waals surface area contributed by atoms with Crippen LogP contribution in [-0.2, 0) is 0 Å². The lowest BCUT2D eigenvalue weighted by atomic mass is 9.94. The molecular formula is C23H24N4O. The van der Waals surface area contributed by atoms with E-state index in [1.807, 2.05) is 32.0 Å². The molecule has 0 spiro atoms. The Morgan fingerprint density at radius 2 is 2.00 bits per heavy atom. The molecule has 0 amide bonds. The number of hydrogen-bond acceptors (Lipinski definition) is 5. The van der Waals surface area contributed by atoms with Gasteiger partial charge in [-0.05, 0) is 75.7 Å². The zero-order chi connectivity index (χ0) is 19.8. The molecule has 28 heavy (non-hydrogen) atoms. The molecule has 0 bridgehead atoms. The number of likely N-dealkylation sites (tertiary alicyclic amines) is 1. The zero-order valence-electron chi connectivity index (χ0n) is 16.5. The predicted molar refractivity (Wildman–Crippen MR) is 110 cm³/mol. The third-order valence-corrected chi connectivity index (χ3v) is 5.57. The molecule has 142 valence electrons. The van der Waals surface area contributed by atoms with Crippen molar-refractivity contribution in [1.29, 1.82) is 5.26 Å². The summed E-state index contributed by atoms with van der Waals surface area (Å²) in [7, 11) is 2.14. The first-order valence-electron chi connectivity index (χ1n) is 9.67. The molecule has 0 saturated carbocycles. The van der Waals surface area contributed by atoms with E-state index in [9.17, 15) is 10.4 Å². The molecule has 3 heterocycles. The van der Waals surface area contributed by atoms with E-state index in [2.05, 4.69) is 18.0 Å². The molecule has 1 aliphatic rings. The van der Waals surface area contributed by atoms with Crippen LogP contribution >= 0.6 is 0 Å². The average Bonchev–Trinajstić information content (AvgIpc) is 2.66. The van der Waals surface area contributed by atoms with Gasteiger partial charge in [0, 0.05) is 29.1 Å². The lowest BCUT2D eigenvalue weighted by molar-refractivity contribution is 0.248.